The number of amides is 1. The van der Waals surface area contributed by atoms with Gasteiger partial charge in [0.25, 0.3) is 0 Å². The van der Waals surface area contributed by atoms with E-state index in [1.165, 1.54) is 17.3 Å². The molecule has 4 rings (SSSR count). The van der Waals surface area contributed by atoms with Crippen LogP contribution in [0.25, 0.3) is 10.9 Å². The molecule has 0 aliphatic heterocycles. The summed E-state index contributed by atoms with van der Waals surface area (Å²) in [6, 6.07) is 14.5. The molecule has 1 saturated carbocycles. The Morgan fingerprint density at radius 1 is 1.21 bits per heavy atom. The van der Waals surface area contributed by atoms with E-state index < -0.39 is 0 Å². The number of nitrogens with zero attached hydrogens (tertiary/aromatic N) is 3. The van der Waals surface area contributed by atoms with Crippen LogP contribution >= 0.6 is 0 Å². The minimum Gasteiger partial charge on any atom is -0.497 e. The molecule has 1 aromatic carbocycles. The van der Waals surface area contributed by atoms with E-state index in [1.54, 1.807) is 13.3 Å². The molecule has 0 radical (unpaired) electrons. The number of rotatable bonds is 10. The summed E-state index contributed by atoms with van der Waals surface area (Å²) < 4.78 is 7.64. The molecule has 2 aromatic heterocycles. The van der Waals surface area contributed by atoms with Gasteiger partial charge in [-0.2, -0.15) is 0 Å². The first-order chi connectivity index (χ1) is 16.2. The van der Waals surface area contributed by atoms with E-state index in [1.807, 2.05) is 29.2 Å². The number of nitrogens with one attached hydrogen (secondary N) is 1. The molecule has 6 heteroatoms. The fourth-order valence-corrected chi connectivity index (χ4v) is 4.85. The van der Waals surface area contributed by atoms with Crippen LogP contribution in [0.4, 0.5) is 5.82 Å². The number of aromatic nitrogens is 2. The summed E-state index contributed by atoms with van der Waals surface area (Å²) in [7, 11) is 1.70. The minimum absolute atomic E-state index is 0.148. The molecule has 6 nitrogen and oxygen atoms in total. The van der Waals surface area contributed by atoms with Gasteiger partial charge in [0, 0.05) is 48.3 Å². The zero-order valence-electron chi connectivity index (χ0n) is 19.9. The number of carbonyl (C=O) groups excluding carboxylic acids is 1. The Morgan fingerprint density at radius 2 is 2.06 bits per heavy atom. The summed E-state index contributed by atoms with van der Waals surface area (Å²) in [5.74, 6) is 2.05. The summed E-state index contributed by atoms with van der Waals surface area (Å²) in [4.78, 5) is 19.6. The van der Waals surface area contributed by atoms with E-state index in [2.05, 4.69) is 46.2 Å². The van der Waals surface area contributed by atoms with E-state index in [0.29, 0.717) is 12.6 Å². The largest absolute Gasteiger partial charge is 0.497 e. The number of hydrogen-bond acceptors (Lipinski definition) is 4. The Kier molecular flexibility index (Phi) is 8.00. The average Bonchev–Trinajstić information content (AvgIpc) is 3.30. The van der Waals surface area contributed by atoms with Crippen LogP contribution in [0.3, 0.4) is 0 Å². The molecule has 176 valence electrons. The van der Waals surface area contributed by atoms with Crippen LogP contribution in [-0.2, 0) is 4.79 Å². The Labute approximate surface area is 196 Å². The number of benzene rings is 1. The van der Waals surface area contributed by atoms with Gasteiger partial charge in [0.05, 0.1) is 7.11 Å². The predicted molar refractivity (Wildman–Crippen MR) is 134 cm³/mol. The third-order valence-electron chi connectivity index (χ3n) is 6.72. The smallest absolute Gasteiger partial charge is 0.231 e. The van der Waals surface area contributed by atoms with Gasteiger partial charge in [0.1, 0.15) is 11.6 Å². The molecule has 0 spiro atoms. The van der Waals surface area contributed by atoms with Crippen LogP contribution in [0.2, 0.25) is 0 Å². The highest BCUT2D eigenvalue weighted by molar-refractivity contribution is 5.94. The SMILES string of the molecule is COc1ccc2c(ccn2C(C)CNCCCN(C(=O)C2CCCCC2)c2ccccn2)c1. The molecule has 1 atom stereocenters. The van der Waals surface area contributed by atoms with Crippen LogP contribution in [0.15, 0.2) is 54.9 Å². The van der Waals surface area contributed by atoms with Crippen molar-refractivity contribution in [3.05, 3.63) is 54.9 Å². The normalized spacial score (nSPS) is 15.5. The second-order valence-electron chi connectivity index (χ2n) is 9.07. The number of fused-ring (bicyclic) bond motifs is 1. The van der Waals surface area contributed by atoms with Crippen molar-refractivity contribution in [2.45, 2.75) is 51.5 Å². The molecule has 1 aliphatic carbocycles. The Balaban J connectivity index is 1.30. The first-order valence-corrected chi connectivity index (χ1v) is 12.2. The van der Waals surface area contributed by atoms with Crippen molar-refractivity contribution >= 4 is 22.6 Å². The highest BCUT2D eigenvalue weighted by Crippen LogP contribution is 2.27. The zero-order chi connectivity index (χ0) is 23.0. The number of hydrogen-bond donors (Lipinski definition) is 1. The van der Waals surface area contributed by atoms with E-state index in [9.17, 15) is 4.79 Å². The van der Waals surface area contributed by atoms with Crippen molar-refractivity contribution in [2.24, 2.45) is 5.92 Å². The van der Waals surface area contributed by atoms with E-state index in [-0.39, 0.29) is 11.8 Å². The highest BCUT2D eigenvalue weighted by Gasteiger charge is 2.27. The first kappa shape index (κ1) is 23.3. The van der Waals surface area contributed by atoms with Crippen LogP contribution < -0.4 is 15.0 Å². The minimum atomic E-state index is 0.148. The van der Waals surface area contributed by atoms with Gasteiger partial charge in [-0.15, -0.1) is 0 Å². The highest BCUT2D eigenvalue weighted by atomic mass is 16.5. The van der Waals surface area contributed by atoms with Crippen LogP contribution in [0.1, 0.15) is 51.5 Å². The fraction of sp³-hybridized carbons (Fsp3) is 0.481. The van der Waals surface area contributed by atoms with Crippen molar-refractivity contribution in [2.75, 3.05) is 31.6 Å². The maximum atomic E-state index is 13.2. The van der Waals surface area contributed by atoms with Gasteiger partial charge in [0.2, 0.25) is 5.91 Å². The second kappa shape index (κ2) is 11.3. The number of anilines is 1. The van der Waals surface area contributed by atoms with Crippen molar-refractivity contribution in [1.82, 2.24) is 14.9 Å². The summed E-state index contributed by atoms with van der Waals surface area (Å²) in [5.41, 5.74) is 1.21. The third-order valence-corrected chi connectivity index (χ3v) is 6.72. The van der Waals surface area contributed by atoms with Crippen molar-refractivity contribution in [3.63, 3.8) is 0 Å². The lowest BCUT2D eigenvalue weighted by Gasteiger charge is -2.29. The fourth-order valence-electron chi connectivity index (χ4n) is 4.85. The molecule has 1 amide bonds. The Hall–Kier alpha value is -2.86. The maximum absolute atomic E-state index is 13.2. The lowest BCUT2D eigenvalue weighted by Crippen LogP contribution is -2.39. The lowest BCUT2D eigenvalue weighted by atomic mass is 9.88. The Morgan fingerprint density at radius 3 is 2.82 bits per heavy atom. The molecule has 1 unspecified atom stereocenters. The van der Waals surface area contributed by atoms with Gasteiger partial charge in [-0.05, 0) is 69.1 Å². The summed E-state index contributed by atoms with van der Waals surface area (Å²) in [5, 5.41) is 4.77. The van der Waals surface area contributed by atoms with E-state index >= 15 is 0 Å². The number of methoxy groups -OCH3 is 1. The molecule has 1 N–H and O–H groups in total. The lowest BCUT2D eigenvalue weighted by molar-refractivity contribution is -0.123. The molecule has 33 heavy (non-hydrogen) atoms. The Bertz CT molecular complexity index is 1030. The molecule has 3 aromatic rings. The predicted octanol–water partition coefficient (Wildman–Crippen LogP) is 5.20. The van der Waals surface area contributed by atoms with E-state index in [0.717, 1.165) is 56.8 Å². The maximum Gasteiger partial charge on any atom is 0.231 e. The standard InChI is InChI=1S/C27H36N4O2/c1-21(30-18-14-23-19-24(33-2)12-13-25(23)30)20-28-15-8-17-31(26-11-6-7-16-29-26)27(32)22-9-4-3-5-10-22/h6-7,11-14,16,18-19,21-22,28H,3-5,8-10,15,17,20H2,1-2H3. The molecular weight excluding hydrogens is 412 g/mol. The first-order valence-electron chi connectivity index (χ1n) is 12.2. The molecule has 0 bridgehead atoms. The van der Waals surface area contributed by atoms with Gasteiger partial charge < -0.3 is 14.6 Å². The molecule has 1 fully saturated rings. The number of pyridine rings is 1. The van der Waals surface area contributed by atoms with Gasteiger partial charge in [-0.25, -0.2) is 4.98 Å². The number of carbonyl (C=O) groups is 1. The van der Waals surface area contributed by atoms with Gasteiger partial charge in [-0.1, -0.05) is 25.3 Å². The van der Waals surface area contributed by atoms with Crippen molar-refractivity contribution < 1.29 is 9.53 Å². The van der Waals surface area contributed by atoms with Gasteiger partial charge in [0.15, 0.2) is 0 Å². The quantitative estimate of drug-likeness (QED) is 0.433. The molecule has 2 heterocycles. The van der Waals surface area contributed by atoms with Crippen LogP contribution in [0, 0.1) is 5.92 Å². The second-order valence-corrected chi connectivity index (χ2v) is 9.07. The molecule has 0 saturated heterocycles. The monoisotopic (exact) mass is 448 g/mol. The van der Waals surface area contributed by atoms with Gasteiger partial charge in [-0.3, -0.25) is 9.69 Å². The zero-order valence-corrected chi connectivity index (χ0v) is 19.9. The van der Waals surface area contributed by atoms with Gasteiger partial charge >= 0.3 is 0 Å². The topological polar surface area (TPSA) is 59.4 Å². The number of ether oxygens (including phenoxy) is 1. The molecular formula is C27H36N4O2. The average molecular weight is 449 g/mol. The third kappa shape index (κ3) is 5.74. The summed E-state index contributed by atoms with van der Waals surface area (Å²) in [6.45, 7) is 4.65. The van der Waals surface area contributed by atoms with Crippen LogP contribution in [0.5, 0.6) is 5.75 Å². The van der Waals surface area contributed by atoms with Crippen molar-refractivity contribution in [3.8, 4) is 5.75 Å². The van der Waals surface area contributed by atoms with E-state index in [4.69, 9.17) is 4.74 Å². The van der Waals surface area contributed by atoms with Crippen molar-refractivity contribution in [1.29, 1.82) is 0 Å². The van der Waals surface area contributed by atoms with Crippen LogP contribution in [-0.4, -0.2) is 42.2 Å². The molecule has 1 aliphatic rings. The summed E-state index contributed by atoms with van der Waals surface area (Å²) in [6.07, 6.45) is 10.4. The summed E-state index contributed by atoms with van der Waals surface area (Å²) >= 11 is 0.